The highest BCUT2D eigenvalue weighted by Crippen LogP contribution is 2.30. The number of hydrogen-bond acceptors (Lipinski definition) is 5. The van der Waals surface area contributed by atoms with Gasteiger partial charge in [-0.05, 0) is 12.5 Å². The number of methoxy groups -OCH3 is 1. The van der Waals surface area contributed by atoms with Crippen molar-refractivity contribution >= 4 is 23.6 Å². The Hall–Kier alpha value is -2.01. The summed E-state index contributed by atoms with van der Waals surface area (Å²) in [7, 11) is 1.33. The fraction of sp³-hybridized carbons (Fsp3) is 0.154. The van der Waals surface area contributed by atoms with Gasteiger partial charge in [-0.2, -0.15) is 0 Å². The maximum Gasteiger partial charge on any atom is 0.358 e. The zero-order valence-corrected chi connectivity index (χ0v) is 10.8. The Labute approximate surface area is 108 Å². The highest BCUT2D eigenvalue weighted by atomic mass is 32.1. The van der Waals surface area contributed by atoms with Crippen molar-refractivity contribution in [2.45, 2.75) is 6.92 Å². The zero-order chi connectivity index (χ0) is 13.1. The van der Waals surface area contributed by atoms with E-state index >= 15 is 0 Å². The van der Waals surface area contributed by atoms with E-state index in [1.165, 1.54) is 18.4 Å². The van der Waals surface area contributed by atoms with Crippen LogP contribution in [0.1, 0.15) is 25.9 Å². The van der Waals surface area contributed by atoms with Crippen molar-refractivity contribution in [1.82, 2.24) is 4.98 Å². The summed E-state index contributed by atoms with van der Waals surface area (Å²) in [6, 6.07) is 7.00. The number of aldehydes is 1. The summed E-state index contributed by atoms with van der Waals surface area (Å²) in [6.45, 7) is 1.83. The van der Waals surface area contributed by atoms with Gasteiger partial charge in [0.2, 0.25) is 0 Å². The summed E-state index contributed by atoms with van der Waals surface area (Å²) in [5, 5.41) is 0.796. The summed E-state index contributed by atoms with van der Waals surface area (Å²) in [6.07, 6.45) is 0.781. The van der Waals surface area contributed by atoms with Gasteiger partial charge in [0.25, 0.3) is 0 Å². The highest BCUT2D eigenvalue weighted by Gasteiger charge is 2.18. The summed E-state index contributed by atoms with van der Waals surface area (Å²) >= 11 is 1.42. The first-order valence-electron chi connectivity index (χ1n) is 5.27. The molecule has 0 amide bonds. The third-order valence-electron chi connectivity index (χ3n) is 2.42. The largest absolute Gasteiger partial charge is 0.464 e. The molecule has 0 spiro atoms. The van der Waals surface area contributed by atoms with Crippen LogP contribution in [0.4, 0.5) is 0 Å². The van der Waals surface area contributed by atoms with E-state index in [0.717, 1.165) is 21.7 Å². The number of esters is 1. The molecular weight excluding hydrogens is 250 g/mol. The molecule has 0 saturated heterocycles. The number of benzene rings is 1. The van der Waals surface area contributed by atoms with Gasteiger partial charge in [0.1, 0.15) is 6.29 Å². The molecule has 2 aromatic rings. The first-order valence-corrected chi connectivity index (χ1v) is 6.08. The van der Waals surface area contributed by atoms with Crippen LogP contribution in [0.25, 0.3) is 10.4 Å². The van der Waals surface area contributed by atoms with Crippen molar-refractivity contribution < 1.29 is 14.3 Å². The number of ether oxygens (including phenoxy) is 1. The van der Waals surface area contributed by atoms with Crippen molar-refractivity contribution in [2.24, 2.45) is 0 Å². The van der Waals surface area contributed by atoms with E-state index in [1.54, 1.807) is 24.3 Å². The Balaban J connectivity index is 2.48. The van der Waals surface area contributed by atoms with Crippen LogP contribution in [0.3, 0.4) is 0 Å². The molecule has 0 aliphatic rings. The summed E-state index contributed by atoms with van der Waals surface area (Å²) in [5.41, 5.74) is 1.77. The highest BCUT2D eigenvalue weighted by molar-refractivity contribution is 7.15. The molecular formula is C13H11NO3S. The molecule has 1 heterocycles. The minimum Gasteiger partial charge on any atom is -0.464 e. The predicted octanol–water partition coefficient (Wildman–Crippen LogP) is 2.72. The van der Waals surface area contributed by atoms with Gasteiger partial charge in [0.15, 0.2) is 5.69 Å². The second kappa shape index (κ2) is 5.10. The Bertz CT molecular complexity index is 587. The minimum absolute atomic E-state index is 0.318. The number of thiazole rings is 1. The molecule has 0 atom stereocenters. The standard InChI is InChI=1S/C13H11NO3S/c1-8-14-11(13(16)17-2)12(18-8)10-5-3-9(7-15)4-6-10/h3-7H,1-2H3. The number of carbonyl (C=O) groups is 2. The monoisotopic (exact) mass is 261 g/mol. The quantitative estimate of drug-likeness (QED) is 0.629. The molecule has 0 radical (unpaired) electrons. The number of aryl methyl sites for hydroxylation is 1. The Kier molecular flexibility index (Phi) is 3.53. The van der Waals surface area contributed by atoms with Gasteiger partial charge in [-0.25, -0.2) is 9.78 Å². The lowest BCUT2D eigenvalue weighted by atomic mass is 10.1. The normalized spacial score (nSPS) is 10.1. The maximum atomic E-state index is 11.6. The van der Waals surface area contributed by atoms with E-state index < -0.39 is 5.97 Å². The third kappa shape index (κ3) is 2.31. The number of hydrogen-bond donors (Lipinski definition) is 0. The van der Waals surface area contributed by atoms with Gasteiger partial charge in [0.05, 0.1) is 17.0 Å². The van der Waals surface area contributed by atoms with Crippen molar-refractivity contribution in [3.63, 3.8) is 0 Å². The SMILES string of the molecule is COC(=O)c1nc(C)sc1-c1ccc(C=O)cc1. The molecule has 18 heavy (non-hydrogen) atoms. The van der Waals surface area contributed by atoms with Crippen LogP contribution in [0.5, 0.6) is 0 Å². The first kappa shape index (κ1) is 12.4. The summed E-state index contributed by atoms with van der Waals surface area (Å²) in [5.74, 6) is -0.450. The molecule has 0 saturated carbocycles. The predicted molar refractivity (Wildman–Crippen MR) is 69.0 cm³/mol. The van der Waals surface area contributed by atoms with Gasteiger partial charge < -0.3 is 4.74 Å². The number of carbonyl (C=O) groups excluding carboxylic acids is 2. The molecule has 0 aliphatic carbocycles. The molecule has 0 N–H and O–H groups in total. The van der Waals surface area contributed by atoms with Gasteiger partial charge in [-0.15, -0.1) is 11.3 Å². The fourth-order valence-corrected chi connectivity index (χ4v) is 2.48. The second-order valence-corrected chi connectivity index (χ2v) is 4.85. The van der Waals surface area contributed by atoms with Crippen molar-refractivity contribution in [3.05, 3.63) is 40.5 Å². The van der Waals surface area contributed by atoms with Gasteiger partial charge in [-0.3, -0.25) is 4.79 Å². The van der Waals surface area contributed by atoms with E-state index in [9.17, 15) is 9.59 Å². The topological polar surface area (TPSA) is 56.3 Å². The van der Waals surface area contributed by atoms with Gasteiger partial charge in [-0.1, -0.05) is 24.3 Å². The van der Waals surface area contributed by atoms with Crippen LogP contribution >= 0.6 is 11.3 Å². The zero-order valence-electron chi connectivity index (χ0n) is 9.97. The molecule has 2 rings (SSSR count). The van der Waals surface area contributed by atoms with Crippen molar-refractivity contribution in [3.8, 4) is 10.4 Å². The lowest BCUT2D eigenvalue weighted by Crippen LogP contribution is -2.03. The van der Waals surface area contributed by atoms with Crippen LogP contribution in [0, 0.1) is 6.92 Å². The molecule has 0 fully saturated rings. The molecule has 1 aromatic carbocycles. The van der Waals surface area contributed by atoms with Crippen molar-refractivity contribution in [2.75, 3.05) is 7.11 Å². The molecule has 0 bridgehead atoms. The van der Waals surface area contributed by atoms with E-state index in [-0.39, 0.29) is 0 Å². The Morgan fingerprint density at radius 3 is 2.56 bits per heavy atom. The molecule has 0 unspecified atom stereocenters. The molecule has 92 valence electrons. The van der Waals surface area contributed by atoms with E-state index in [2.05, 4.69) is 4.98 Å². The summed E-state index contributed by atoms with van der Waals surface area (Å²) < 4.78 is 4.71. The van der Waals surface area contributed by atoms with Crippen LogP contribution in [0.15, 0.2) is 24.3 Å². The molecule has 4 nitrogen and oxygen atoms in total. The van der Waals surface area contributed by atoms with Crippen LogP contribution < -0.4 is 0 Å². The van der Waals surface area contributed by atoms with E-state index in [1.807, 2.05) is 6.92 Å². The van der Waals surface area contributed by atoms with Crippen LogP contribution in [0.2, 0.25) is 0 Å². The average molecular weight is 261 g/mol. The second-order valence-electron chi connectivity index (χ2n) is 3.64. The third-order valence-corrected chi connectivity index (χ3v) is 3.44. The molecule has 1 aromatic heterocycles. The van der Waals surface area contributed by atoms with E-state index in [4.69, 9.17) is 4.74 Å². The smallest absolute Gasteiger partial charge is 0.358 e. The average Bonchev–Trinajstić information content (AvgIpc) is 2.80. The first-order chi connectivity index (χ1) is 8.65. The van der Waals surface area contributed by atoms with Gasteiger partial charge in [0, 0.05) is 5.56 Å². The Morgan fingerprint density at radius 2 is 2.00 bits per heavy atom. The number of rotatable bonds is 3. The summed E-state index contributed by atoms with van der Waals surface area (Å²) in [4.78, 5) is 27.1. The lowest BCUT2D eigenvalue weighted by molar-refractivity contribution is 0.0595. The Morgan fingerprint density at radius 1 is 1.33 bits per heavy atom. The van der Waals surface area contributed by atoms with Gasteiger partial charge >= 0.3 is 5.97 Å². The number of nitrogens with zero attached hydrogens (tertiary/aromatic N) is 1. The molecule has 5 heteroatoms. The van der Waals surface area contributed by atoms with Crippen LogP contribution in [-0.4, -0.2) is 24.3 Å². The minimum atomic E-state index is -0.450. The lowest BCUT2D eigenvalue weighted by Gasteiger charge is -2.01. The maximum absolute atomic E-state index is 11.6. The van der Waals surface area contributed by atoms with E-state index in [0.29, 0.717) is 11.3 Å². The van der Waals surface area contributed by atoms with Crippen molar-refractivity contribution in [1.29, 1.82) is 0 Å². The fourth-order valence-electron chi connectivity index (χ4n) is 1.57. The number of aromatic nitrogens is 1. The molecule has 0 aliphatic heterocycles. The van der Waals surface area contributed by atoms with Crippen LogP contribution in [-0.2, 0) is 4.74 Å².